The predicted molar refractivity (Wildman–Crippen MR) is 76.8 cm³/mol. The smallest absolute Gasteiger partial charge is 0.126 e. The lowest BCUT2D eigenvalue weighted by atomic mass is 9.88. The first-order chi connectivity index (χ1) is 9.01. The van der Waals surface area contributed by atoms with Gasteiger partial charge in [-0.05, 0) is 31.9 Å². The summed E-state index contributed by atoms with van der Waals surface area (Å²) in [5, 5.41) is 0. The standard InChI is InChI=1S/C14H24N4O/c1-14(2,18-6-8-19-9-7-18)12(15)10-11-4-3-5-17-13(11)16/h3-5,12H,6-10,15H2,1-2H3,(H2,16,17). The number of ether oxygens (including phenoxy) is 1. The number of pyridine rings is 1. The molecule has 2 heterocycles. The number of nitrogen functional groups attached to an aromatic ring is 1. The minimum absolute atomic E-state index is 0.0112. The van der Waals surface area contributed by atoms with Crippen LogP contribution in [0, 0.1) is 0 Å². The lowest BCUT2D eigenvalue weighted by Gasteiger charge is -2.44. The number of hydrogen-bond acceptors (Lipinski definition) is 5. The van der Waals surface area contributed by atoms with Crippen LogP contribution in [0.2, 0.25) is 0 Å². The molecule has 1 aromatic heterocycles. The van der Waals surface area contributed by atoms with E-state index in [9.17, 15) is 0 Å². The van der Waals surface area contributed by atoms with Gasteiger partial charge in [-0.3, -0.25) is 4.90 Å². The van der Waals surface area contributed by atoms with Gasteiger partial charge < -0.3 is 16.2 Å². The van der Waals surface area contributed by atoms with Gasteiger partial charge in [-0.1, -0.05) is 6.07 Å². The molecule has 0 aliphatic carbocycles. The summed E-state index contributed by atoms with van der Waals surface area (Å²) in [5.74, 6) is 0.579. The first kappa shape index (κ1) is 14.2. The molecule has 0 aromatic carbocycles. The molecule has 1 fully saturated rings. The topological polar surface area (TPSA) is 77.4 Å². The van der Waals surface area contributed by atoms with Gasteiger partial charge in [-0.2, -0.15) is 0 Å². The second kappa shape index (κ2) is 5.86. The molecule has 1 unspecified atom stereocenters. The van der Waals surface area contributed by atoms with E-state index in [4.69, 9.17) is 16.2 Å². The lowest BCUT2D eigenvalue weighted by Crippen LogP contribution is -2.59. The molecule has 19 heavy (non-hydrogen) atoms. The quantitative estimate of drug-likeness (QED) is 0.834. The maximum atomic E-state index is 6.42. The minimum Gasteiger partial charge on any atom is -0.383 e. The van der Waals surface area contributed by atoms with Crippen molar-refractivity contribution < 1.29 is 4.74 Å². The fourth-order valence-electron chi connectivity index (χ4n) is 2.48. The second-order valence-electron chi connectivity index (χ2n) is 5.61. The van der Waals surface area contributed by atoms with E-state index in [1.54, 1.807) is 6.20 Å². The zero-order valence-corrected chi connectivity index (χ0v) is 11.8. The van der Waals surface area contributed by atoms with Crippen molar-refractivity contribution in [3.05, 3.63) is 23.9 Å². The normalized spacial score (nSPS) is 19.3. The summed E-state index contributed by atoms with van der Waals surface area (Å²) in [7, 11) is 0. The maximum absolute atomic E-state index is 6.42. The molecular weight excluding hydrogens is 240 g/mol. The maximum Gasteiger partial charge on any atom is 0.126 e. The van der Waals surface area contributed by atoms with E-state index in [1.807, 2.05) is 12.1 Å². The third-order valence-corrected chi connectivity index (χ3v) is 4.10. The molecule has 0 saturated carbocycles. The van der Waals surface area contributed by atoms with Gasteiger partial charge in [-0.25, -0.2) is 4.98 Å². The molecule has 106 valence electrons. The van der Waals surface area contributed by atoms with Gasteiger partial charge in [0.2, 0.25) is 0 Å². The van der Waals surface area contributed by atoms with E-state index in [0.29, 0.717) is 5.82 Å². The van der Waals surface area contributed by atoms with Crippen LogP contribution in [-0.4, -0.2) is 47.8 Å². The molecule has 1 aromatic rings. The highest BCUT2D eigenvalue weighted by Crippen LogP contribution is 2.23. The van der Waals surface area contributed by atoms with Crippen molar-refractivity contribution in [3.63, 3.8) is 0 Å². The van der Waals surface area contributed by atoms with Crippen LogP contribution in [0.1, 0.15) is 19.4 Å². The summed E-state index contributed by atoms with van der Waals surface area (Å²) in [6.45, 7) is 7.81. The van der Waals surface area contributed by atoms with Gasteiger partial charge in [0.25, 0.3) is 0 Å². The van der Waals surface area contributed by atoms with Crippen molar-refractivity contribution in [2.24, 2.45) is 5.73 Å². The third kappa shape index (κ3) is 3.23. The molecule has 0 amide bonds. The summed E-state index contributed by atoms with van der Waals surface area (Å²) in [6.07, 6.45) is 2.45. The highest BCUT2D eigenvalue weighted by Gasteiger charge is 2.34. The first-order valence-electron chi connectivity index (χ1n) is 6.79. The molecule has 1 saturated heterocycles. The van der Waals surface area contributed by atoms with Crippen LogP contribution < -0.4 is 11.5 Å². The second-order valence-corrected chi connectivity index (χ2v) is 5.61. The van der Waals surface area contributed by atoms with Gasteiger partial charge in [0.15, 0.2) is 0 Å². The SMILES string of the molecule is CC(C)(C(N)Cc1cccnc1N)N1CCOCC1. The van der Waals surface area contributed by atoms with E-state index in [2.05, 4.69) is 23.7 Å². The fourth-order valence-corrected chi connectivity index (χ4v) is 2.48. The number of aromatic nitrogens is 1. The first-order valence-corrected chi connectivity index (χ1v) is 6.79. The monoisotopic (exact) mass is 264 g/mol. The van der Waals surface area contributed by atoms with E-state index in [0.717, 1.165) is 38.3 Å². The minimum atomic E-state index is -0.0773. The number of hydrogen-bond donors (Lipinski definition) is 2. The Balaban J connectivity index is 2.05. The summed E-state index contributed by atoms with van der Waals surface area (Å²) >= 11 is 0. The molecule has 1 aliphatic rings. The Morgan fingerprint density at radius 1 is 1.42 bits per heavy atom. The van der Waals surface area contributed by atoms with Gasteiger partial charge in [0.1, 0.15) is 5.82 Å². The summed E-state index contributed by atoms with van der Waals surface area (Å²) < 4.78 is 5.40. The van der Waals surface area contributed by atoms with Crippen molar-refractivity contribution in [2.75, 3.05) is 32.0 Å². The Kier molecular flexibility index (Phi) is 4.39. The van der Waals surface area contributed by atoms with Crippen molar-refractivity contribution >= 4 is 5.82 Å². The third-order valence-electron chi connectivity index (χ3n) is 4.10. The van der Waals surface area contributed by atoms with Crippen LogP contribution in [0.3, 0.4) is 0 Å². The molecule has 1 aliphatic heterocycles. The average Bonchev–Trinajstić information content (AvgIpc) is 2.42. The zero-order valence-electron chi connectivity index (χ0n) is 11.8. The van der Waals surface area contributed by atoms with Crippen molar-refractivity contribution in [3.8, 4) is 0 Å². The van der Waals surface area contributed by atoms with E-state index >= 15 is 0 Å². The molecule has 2 rings (SSSR count). The Morgan fingerprint density at radius 3 is 2.74 bits per heavy atom. The van der Waals surface area contributed by atoms with Gasteiger partial charge >= 0.3 is 0 Å². The zero-order chi connectivity index (χ0) is 13.9. The van der Waals surface area contributed by atoms with E-state index in [1.165, 1.54) is 0 Å². The van der Waals surface area contributed by atoms with E-state index < -0.39 is 0 Å². The number of nitrogens with two attached hydrogens (primary N) is 2. The van der Waals surface area contributed by atoms with Crippen LogP contribution in [0.15, 0.2) is 18.3 Å². The summed E-state index contributed by atoms with van der Waals surface area (Å²) in [5.41, 5.74) is 13.3. The van der Waals surface area contributed by atoms with Crippen LogP contribution in [0.5, 0.6) is 0 Å². The molecule has 0 spiro atoms. The number of anilines is 1. The van der Waals surface area contributed by atoms with Crippen LogP contribution >= 0.6 is 0 Å². The summed E-state index contributed by atoms with van der Waals surface area (Å²) in [6, 6.07) is 3.91. The highest BCUT2D eigenvalue weighted by molar-refractivity contribution is 5.39. The Bertz CT molecular complexity index is 416. The molecule has 4 N–H and O–H groups in total. The lowest BCUT2D eigenvalue weighted by molar-refractivity contribution is -0.0186. The predicted octanol–water partition coefficient (Wildman–Crippen LogP) is 0.644. The van der Waals surface area contributed by atoms with Gasteiger partial charge in [0, 0.05) is 30.9 Å². The molecular formula is C14H24N4O. The number of nitrogens with zero attached hydrogens (tertiary/aromatic N) is 2. The average molecular weight is 264 g/mol. The van der Waals surface area contributed by atoms with Gasteiger partial charge in [0.05, 0.1) is 13.2 Å². The summed E-state index contributed by atoms with van der Waals surface area (Å²) in [4.78, 5) is 6.51. The fraction of sp³-hybridized carbons (Fsp3) is 0.643. The largest absolute Gasteiger partial charge is 0.383 e. The van der Waals surface area contributed by atoms with Crippen LogP contribution in [0.25, 0.3) is 0 Å². The number of rotatable bonds is 4. The molecule has 5 heteroatoms. The van der Waals surface area contributed by atoms with Crippen LogP contribution in [-0.2, 0) is 11.2 Å². The molecule has 5 nitrogen and oxygen atoms in total. The van der Waals surface area contributed by atoms with Crippen molar-refractivity contribution in [1.82, 2.24) is 9.88 Å². The molecule has 0 bridgehead atoms. The molecule has 0 radical (unpaired) electrons. The number of morpholine rings is 1. The van der Waals surface area contributed by atoms with E-state index in [-0.39, 0.29) is 11.6 Å². The molecule has 1 atom stereocenters. The van der Waals surface area contributed by atoms with Crippen LogP contribution in [0.4, 0.5) is 5.82 Å². The Labute approximate surface area is 114 Å². The Hall–Kier alpha value is -1.17. The van der Waals surface area contributed by atoms with Crippen molar-refractivity contribution in [1.29, 1.82) is 0 Å². The van der Waals surface area contributed by atoms with Crippen molar-refractivity contribution in [2.45, 2.75) is 31.8 Å². The Morgan fingerprint density at radius 2 is 2.11 bits per heavy atom. The van der Waals surface area contributed by atoms with Gasteiger partial charge in [-0.15, -0.1) is 0 Å². The highest BCUT2D eigenvalue weighted by atomic mass is 16.5.